The summed E-state index contributed by atoms with van der Waals surface area (Å²) in [5.74, 6) is 0.943. The maximum Gasteiger partial charge on any atom is 0.191 e. The number of nitrogens with one attached hydrogen (secondary N) is 3. The Morgan fingerprint density at radius 3 is 2.50 bits per heavy atom. The highest BCUT2D eigenvalue weighted by Crippen LogP contribution is 2.31. The first kappa shape index (κ1) is 27.3. The lowest BCUT2D eigenvalue weighted by atomic mass is 9.94. The number of piperidine rings is 1. The normalized spacial score (nSPS) is 20.5. The summed E-state index contributed by atoms with van der Waals surface area (Å²) < 4.78 is 5.18. The summed E-state index contributed by atoms with van der Waals surface area (Å²) in [7, 11) is 3.67. The zero-order valence-electron chi connectivity index (χ0n) is 20.2. The molecule has 3 N–H and O–H groups in total. The Balaban J connectivity index is 0.00000363. The lowest BCUT2D eigenvalue weighted by Gasteiger charge is -2.36. The maximum absolute atomic E-state index is 5.18. The van der Waals surface area contributed by atoms with E-state index in [2.05, 4.69) is 63.1 Å². The van der Waals surface area contributed by atoms with Crippen molar-refractivity contribution in [1.82, 2.24) is 20.9 Å². The molecule has 182 valence electrons. The van der Waals surface area contributed by atoms with Crippen LogP contribution in [0.1, 0.15) is 63.5 Å². The molecule has 0 spiro atoms. The number of ether oxygens (including phenoxy) is 1. The van der Waals surface area contributed by atoms with Gasteiger partial charge in [-0.2, -0.15) is 0 Å². The van der Waals surface area contributed by atoms with E-state index in [4.69, 9.17) is 4.74 Å². The molecule has 1 aliphatic carbocycles. The van der Waals surface area contributed by atoms with Crippen LogP contribution in [0.4, 0.5) is 0 Å². The second-order valence-corrected chi connectivity index (χ2v) is 9.30. The number of guanidine groups is 1. The molecule has 0 aromatic heterocycles. The molecule has 2 aliphatic rings. The van der Waals surface area contributed by atoms with Gasteiger partial charge in [0, 0.05) is 64.6 Å². The highest BCUT2D eigenvalue weighted by molar-refractivity contribution is 14.0. The Hall–Kier alpha value is -0.900. The van der Waals surface area contributed by atoms with Crippen molar-refractivity contribution in [1.29, 1.82) is 0 Å². The topological polar surface area (TPSA) is 60.9 Å². The number of hydrogen-bond donors (Lipinski definition) is 3. The van der Waals surface area contributed by atoms with Crippen molar-refractivity contribution in [2.75, 3.05) is 46.9 Å². The van der Waals surface area contributed by atoms with Gasteiger partial charge < -0.3 is 25.6 Å². The van der Waals surface area contributed by atoms with Gasteiger partial charge >= 0.3 is 0 Å². The molecule has 1 saturated heterocycles. The third kappa shape index (κ3) is 8.47. The van der Waals surface area contributed by atoms with Gasteiger partial charge in [-0.05, 0) is 44.6 Å². The SMILES string of the molecule is CN=C(NCC1(NC(C)c2ccccc2)CCCC1)NC1CCN(CCCOC)CC1.I. The average molecular weight is 558 g/mol. The molecule has 1 aromatic carbocycles. The van der Waals surface area contributed by atoms with Crippen LogP contribution in [0.25, 0.3) is 0 Å². The van der Waals surface area contributed by atoms with Gasteiger partial charge in [0.25, 0.3) is 0 Å². The van der Waals surface area contributed by atoms with Gasteiger partial charge in [0.1, 0.15) is 0 Å². The summed E-state index contributed by atoms with van der Waals surface area (Å²) in [5, 5.41) is 11.3. The highest BCUT2D eigenvalue weighted by Gasteiger charge is 2.35. The van der Waals surface area contributed by atoms with Crippen LogP contribution in [0.15, 0.2) is 35.3 Å². The fraction of sp³-hybridized carbons (Fsp3) is 0.720. The molecule has 1 aliphatic heterocycles. The number of methoxy groups -OCH3 is 1. The fourth-order valence-electron chi connectivity index (χ4n) is 5.08. The molecule has 1 heterocycles. The molecule has 0 amide bonds. The number of halogens is 1. The van der Waals surface area contributed by atoms with E-state index >= 15 is 0 Å². The van der Waals surface area contributed by atoms with Crippen molar-refractivity contribution in [3.05, 3.63) is 35.9 Å². The molecule has 0 bridgehead atoms. The monoisotopic (exact) mass is 557 g/mol. The number of nitrogens with zero attached hydrogens (tertiary/aromatic N) is 2. The summed E-state index contributed by atoms with van der Waals surface area (Å²) in [6.07, 6.45) is 8.48. The lowest BCUT2D eigenvalue weighted by Crippen LogP contribution is -2.56. The highest BCUT2D eigenvalue weighted by atomic mass is 127. The second kappa shape index (κ2) is 14.4. The van der Waals surface area contributed by atoms with E-state index in [1.807, 2.05) is 7.05 Å². The van der Waals surface area contributed by atoms with E-state index in [1.54, 1.807) is 7.11 Å². The van der Waals surface area contributed by atoms with Crippen molar-refractivity contribution >= 4 is 29.9 Å². The van der Waals surface area contributed by atoms with E-state index in [1.165, 1.54) is 44.1 Å². The first-order valence-corrected chi connectivity index (χ1v) is 12.2. The van der Waals surface area contributed by atoms with Crippen molar-refractivity contribution in [3.63, 3.8) is 0 Å². The number of likely N-dealkylation sites (tertiary alicyclic amines) is 1. The first-order valence-electron chi connectivity index (χ1n) is 12.2. The third-order valence-electron chi connectivity index (χ3n) is 6.95. The Morgan fingerprint density at radius 2 is 1.88 bits per heavy atom. The van der Waals surface area contributed by atoms with Gasteiger partial charge in [0.2, 0.25) is 0 Å². The summed E-state index contributed by atoms with van der Waals surface area (Å²) >= 11 is 0. The van der Waals surface area contributed by atoms with E-state index in [0.717, 1.165) is 45.2 Å². The maximum atomic E-state index is 5.18. The molecule has 1 aromatic rings. The van der Waals surface area contributed by atoms with Crippen molar-refractivity contribution in [2.45, 2.75) is 69.5 Å². The van der Waals surface area contributed by atoms with E-state index < -0.39 is 0 Å². The van der Waals surface area contributed by atoms with Crippen molar-refractivity contribution < 1.29 is 4.74 Å². The van der Waals surface area contributed by atoms with Gasteiger partial charge in [-0.25, -0.2) is 0 Å². The number of hydrogen-bond acceptors (Lipinski definition) is 4. The molecule has 1 unspecified atom stereocenters. The molecule has 1 saturated carbocycles. The van der Waals surface area contributed by atoms with Crippen LogP contribution in [0.5, 0.6) is 0 Å². The Morgan fingerprint density at radius 1 is 1.19 bits per heavy atom. The van der Waals surface area contributed by atoms with Gasteiger partial charge in [0.15, 0.2) is 5.96 Å². The molecule has 6 nitrogen and oxygen atoms in total. The number of aliphatic imine (C=N–C) groups is 1. The van der Waals surface area contributed by atoms with Gasteiger partial charge in [-0.1, -0.05) is 43.2 Å². The molecule has 3 rings (SSSR count). The summed E-state index contributed by atoms with van der Waals surface area (Å²) in [6, 6.07) is 11.6. The average Bonchev–Trinajstić information content (AvgIpc) is 3.27. The second-order valence-electron chi connectivity index (χ2n) is 9.30. The van der Waals surface area contributed by atoms with Crippen molar-refractivity contribution in [2.24, 2.45) is 4.99 Å². The Bertz CT molecular complexity index is 658. The van der Waals surface area contributed by atoms with E-state index in [-0.39, 0.29) is 29.5 Å². The summed E-state index contributed by atoms with van der Waals surface area (Å²) in [4.78, 5) is 7.08. The smallest absolute Gasteiger partial charge is 0.191 e. The van der Waals surface area contributed by atoms with Gasteiger partial charge in [-0.3, -0.25) is 4.99 Å². The molecular formula is C25H44IN5O. The summed E-state index contributed by atoms with van der Waals surface area (Å²) in [6.45, 7) is 7.49. The zero-order valence-corrected chi connectivity index (χ0v) is 22.6. The zero-order chi connectivity index (χ0) is 21.9. The van der Waals surface area contributed by atoms with Crippen LogP contribution >= 0.6 is 24.0 Å². The van der Waals surface area contributed by atoms with Crippen LogP contribution in [0.3, 0.4) is 0 Å². The standard InChI is InChI=1S/C25H43N5O.HI/c1-21(22-10-5-4-6-11-22)29-25(14-7-8-15-25)20-27-24(26-2)28-23-12-17-30(18-13-23)16-9-19-31-3;/h4-6,10-11,21,23,29H,7-9,12-20H2,1-3H3,(H2,26,27,28);1H. The van der Waals surface area contributed by atoms with Crippen LogP contribution < -0.4 is 16.0 Å². The minimum absolute atomic E-state index is 0. The molecule has 0 radical (unpaired) electrons. The fourth-order valence-corrected chi connectivity index (χ4v) is 5.08. The first-order chi connectivity index (χ1) is 15.1. The van der Waals surface area contributed by atoms with E-state index in [9.17, 15) is 0 Å². The number of rotatable bonds is 10. The quantitative estimate of drug-likeness (QED) is 0.176. The molecule has 32 heavy (non-hydrogen) atoms. The van der Waals surface area contributed by atoms with Crippen molar-refractivity contribution in [3.8, 4) is 0 Å². The Labute approximate surface area is 212 Å². The lowest BCUT2D eigenvalue weighted by molar-refractivity contribution is 0.155. The molecular weight excluding hydrogens is 513 g/mol. The van der Waals surface area contributed by atoms with Gasteiger partial charge in [0.05, 0.1) is 0 Å². The van der Waals surface area contributed by atoms with Crippen LogP contribution in [0, 0.1) is 0 Å². The number of benzene rings is 1. The van der Waals surface area contributed by atoms with Gasteiger partial charge in [-0.15, -0.1) is 24.0 Å². The van der Waals surface area contributed by atoms with Crippen LogP contribution in [-0.4, -0.2) is 69.4 Å². The minimum atomic E-state index is 0. The van der Waals surface area contributed by atoms with Crippen LogP contribution in [0.2, 0.25) is 0 Å². The molecule has 1 atom stereocenters. The molecule has 2 fully saturated rings. The Kier molecular flexibility index (Phi) is 12.3. The summed E-state index contributed by atoms with van der Waals surface area (Å²) in [5.41, 5.74) is 1.49. The van der Waals surface area contributed by atoms with E-state index in [0.29, 0.717) is 12.1 Å². The van der Waals surface area contributed by atoms with Crippen LogP contribution in [-0.2, 0) is 4.74 Å². The predicted molar refractivity (Wildman–Crippen MR) is 145 cm³/mol. The largest absolute Gasteiger partial charge is 0.385 e. The minimum Gasteiger partial charge on any atom is -0.385 e. The predicted octanol–water partition coefficient (Wildman–Crippen LogP) is 3.93. The molecule has 7 heteroatoms. The third-order valence-corrected chi connectivity index (χ3v) is 6.95.